The van der Waals surface area contributed by atoms with Crippen LogP contribution in [0.4, 0.5) is 0 Å². The van der Waals surface area contributed by atoms with Crippen LogP contribution in [0.2, 0.25) is 0 Å². The average Bonchev–Trinajstić information content (AvgIpc) is 2.56. The fourth-order valence-corrected chi connectivity index (χ4v) is 2.50. The second-order valence-corrected chi connectivity index (χ2v) is 4.78. The van der Waals surface area contributed by atoms with Crippen molar-refractivity contribution in [2.75, 3.05) is 0 Å². The van der Waals surface area contributed by atoms with Gasteiger partial charge in [0.2, 0.25) is 0 Å². The molecule has 0 fully saturated rings. The number of nitrogens with zero attached hydrogens (tertiary/aromatic N) is 1. The highest BCUT2D eigenvalue weighted by molar-refractivity contribution is 5.47. The van der Waals surface area contributed by atoms with Crippen molar-refractivity contribution in [2.24, 2.45) is 5.73 Å². The zero-order valence-corrected chi connectivity index (χ0v) is 11.1. The molecule has 2 N–H and O–H groups in total. The minimum atomic E-state index is -0.684. The fraction of sp³-hybridized carbons (Fsp3) is 0.0556. The summed E-state index contributed by atoms with van der Waals surface area (Å²) >= 11 is 0. The van der Waals surface area contributed by atoms with E-state index in [1.54, 1.807) is 6.20 Å². The predicted molar refractivity (Wildman–Crippen MR) is 81.2 cm³/mol. The van der Waals surface area contributed by atoms with Gasteiger partial charge < -0.3 is 5.73 Å². The zero-order chi connectivity index (χ0) is 13.8. The van der Waals surface area contributed by atoms with Crippen LogP contribution in [0.3, 0.4) is 0 Å². The summed E-state index contributed by atoms with van der Waals surface area (Å²) < 4.78 is 0. The molecule has 3 rings (SSSR count). The highest BCUT2D eigenvalue weighted by Gasteiger charge is 2.31. The quantitative estimate of drug-likeness (QED) is 0.784. The van der Waals surface area contributed by atoms with E-state index in [4.69, 9.17) is 5.73 Å². The number of pyridine rings is 1. The Hall–Kier alpha value is -2.45. The molecule has 0 saturated carbocycles. The Morgan fingerprint density at radius 1 is 0.650 bits per heavy atom. The molecular weight excluding hydrogens is 244 g/mol. The Balaban J connectivity index is 2.24. The van der Waals surface area contributed by atoms with E-state index in [0.717, 1.165) is 16.7 Å². The molecule has 0 amide bonds. The number of aromatic nitrogens is 1. The molecule has 1 aromatic heterocycles. The largest absolute Gasteiger partial charge is 0.314 e. The van der Waals surface area contributed by atoms with Gasteiger partial charge in [-0.05, 0) is 22.8 Å². The molecule has 0 atom stereocenters. The van der Waals surface area contributed by atoms with Crippen molar-refractivity contribution in [2.45, 2.75) is 5.54 Å². The van der Waals surface area contributed by atoms with E-state index in [9.17, 15) is 0 Å². The fourth-order valence-electron chi connectivity index (χ4n) is 2.50. The first-order valence-corrected chi connectivity index (χ1v) is 6.62. The van der Waals surface area contributed by atoms with Crippen LogP contribution < -0.4 is 5.73 Å². The molecule has 20 heavy (non-hydrogen) atoms. The van der Waals surface area contributed by atoms with Gasteiger partial charge in [-0.3, -0.25) is 4.98 Å². The highest BCUT2D eigenvalue weighted by Crippen LogP contribution is 2.33. The first-order valence-electron chi connectivity index (χ1n) is 6.62. The summed E-state index contributed by atoms with van der Waals surface area (Å²) in [6.45, 7) is 0. The molecule has 0 saturated heterocycles. The monoisotopic (exact) mass is 260 g/mol. The van der Waals surface area contributed by atoms with Gasteiger partial charge in [0, 0.05) is 12.4 Å². The van der Waals surface area contributed by atoms with Gasteiger partial charge >= 0.3 is 0 Å². The van der Waals surface area contributed by atoms with E-state index in [0.29, 0.717) is 0 Å². The van der Waals surface area contributed by atoms with E-state index in [-0.39, 0.29) is 0 Å². The molecule has 2 nitrogen and oxygen atoms in total. The Morgan fingerprint density at radius 2 is 1.15 bits per heavy atom. The lowest BCUT2D eigenvalue weighted by Crippen LogP contribution is -2.39. The third kappa shape index (κ3) is 2.10. The Bertz CT molecular complexity index is 567. The first-order chi connectivity index (χ1) is 9.82. The SMILES string of the molecule is NC(c1ccccc1)(c1ccccc1)c1cccnc1. The third-order valence-electron chi connectivity index (χ3n) is 3.58. The van der Waals surface area contributed by atoms with Crippen molar-refractivity contribution >= 4 is 0 Å². The van der Waals surface area contributed by atoms with Crippen molar-refractivity contribution in [3.8, 4) is 0 Å². The second-order valence-electron chi connectivity index (χ2n) is 4.78. The molecule has 0 aliphatic carbocycles. The first kappa shape index (κ1) is 12.6. The van der Waals surface area contributed by atoms with Crippen molar-refractivity contribution < 1.29 is 0 Å². The molecule has 2 aromatic carbocycles. The molecule has 0 aliphatic rings. The van der Waals surface area contributed by atoms with Crippen molar-refractivity contribution in [1.82, 2.24) is 4.98 Å². The van der Waals surface area contributed by atoms with Crippen LogP contribution in [0.5, 0.6) is 0 Å². The molecule has 0 radical (unpaired) electrons. The van der Waals surface area contributed by atoms with Crippen molar-refractivity contribution in [3.63, 3.8) is 0 Å². The van der Waals surface area contributed by atoms with Crippen LogP contribution in [-0.2, 0) is 5.54 Å². The van der Waals surface area contributed by atoms with E-state index in [2.05, 4.69) is 29.2 Å². The van der Waals surface area contributed by atoms with Gasteiger partial charge in [0.25, 0.3) is 0 Å². The van der Waals surface area contributed by atoms with Gasteiger partial charge in [0.15, 0.2) is 0 Å². The lowest BCUT2D eigenvalue weighted by Gasteiger charge is -2.31. The standard InChI is InChI=1S/C18H16N2/c19-18(15-8-3-1-4-9-15,16-10-5-2-6-11-16)17-12-7-13-20-14-17/h1-14H,19H2. The number of benzene rings is 2. The molecule has 2 heteroatoms. The lowest BCUT2D eigenvalue weighted by atomic mass is 9.79. The van der Waals surface area contributed by atoms with Crippen LogP contribution >= 0.6 is 0 Å². The number of rotatable bonds is 3. The third-order valence-corrected chi connectivity index (χ3v) is 3.58. The topological polar surface area (TPSA) is 38.9 Å². The van der Waals surface area contributed by atoms with Gasteiger partial charge in [0.1, 0.15) is 0 Å². The summed E-state index contributed by atoms with van der Waals surface area (Å²) in [5.41, 5.74) is 9.23. The number of hydrogen-bond donors (Lipinski definition) is 1. The van der Waals surface area contributed by atoms with Gasteiger partial charge in [-0.25, -0.2) is 0 Å². The maximum atomic E-state index is 6.82. The molecule has 0 spiro atoms. The van der Waals surface area contributed by atoms with Crippen LogP contribution in [0.1, 0.15) is 16.7 Å². The lowest BCUT2D eigenvalue weighted by molar-refractivity contribution is 0.649. The summed E-state index contributed by atoms with van der Waals surface area (Å²) in [5, 5.41) is 0. The Kier molecular flexibility index (Phi) is 3.32. The molecular formula is C18H16N2. The summed E-state index contributed by atoms with van der Waals surface area (Å²) in [6, 6.07) is 24.2. The molecule has 0 bridgehead atoms. The molecule has 0 unspecified atom stereocenters. The van der Waals surface area contributed by atoms with Crippen LogP contribution in [-0.4, -0.2) is 4.98 Å². The van der Waals surface area contributed by atoms with Gasteiger partial charge in [0.05, 0.1) is 5.54 Å². The van der Waals surface area contributed by atoms with E-state index in [1.807, 2.05) is 54.7 Å². The Morgan fingerprint density at radius 3 is 1.60 bits per heavy atom. The predicted octanol–water partition coefficient (Wildman–Crippen LogP) is 3.33. The van der Waals surface area contributed by atoms with E-state index >= 15 is 0 Å². The average molecular weight is 260 g/mol. The smallest absolute Gasteiger partial charge is 0.0937 e. The summed E-state index contributed by atoms with van der Waals surface area (Å²) in [7, 11) is 0. The van der Waals surface area contributed by atoms with E-state index in [1.165, 1.54) is 0 Å². The van der Waals surface area contributed by atoms with Gasteiger partial charge in [-0.1, -0.05) is 66.7 Å². The van der Waals surface area contributed by atoms with Crippen LogP contribution in [0.15, 0.2) is 85.2 Å². The molecule has 3 aromatic rings. The van der Waals surface area contributed by atoms with Crippen molar-refractivity contribution in [1.29, 1.82) is 0 Å². The molecule has 1 heterocycles. The van der Waals surface area contributed by atoms with Gasteiger partial charge in [-0.15, -0.1) is 0 Å². The highest BCUT2D eigenvalue weighted by atomic mass is 14.8. The van der Waals surface area contributed by atoms with Crippen molar-refractivity contribution in [3.05, 3.63) is 102 Å². The summed E-state index contributed by atoms with van der Waals surface area (Å²) in [5.74, 6) is 0. The number of hydrogen-bond acceptors (Lipinski definition) is 2. The number of nitrogens with two attached hydrogens (primary N) is 1. The zero-order valence-electron chi connectivity index (χ0n) is 11.1. The maximum Gasteiger partial charge on any atom is 0.0937 e. The Labute approximate surface area is 118 Å². The van der Waals surface area contributed by atoms with Gasteiger partial charge in [-0.2, -0.15) is 0 Å². The minimum absolute atomic E-state index is 0.684. The summed E-state index contributed by atoms with van der Waals surface area (Å²) in [4.78, 5) is 4.22. The van der Waals surface area contributed by atoms with Crippen LogP contribution in [0, 0.1) is 0 Å². The van der Waals surface area contributed by atoms with Crippen LogP contribution in [0.25, 0.3) is 0 Å². The molecule has 98 valence electrons. The summed E-state index contributed by atoms with van der Waals surface area (Å²) in [6.07, 6.45) is 3.60. The minimum Gasteiger partial charge on any atom is -0.314 e. The second kappa shape index (κ2) is 5.27. The van der Waals surface area contributed by atoms with E-state index < -0.39 is 5.54 Å². The normalized spacial score (nSPS) is 11.2. The molecule has 0 aliphatic heterocycles. The maximum absolute atomic E-state index is 6.82.